The molecule has 1 aromatic carbocycles. The number of nitrogens with two attached hydrogens (primary N) is 1. The Balaban J connectivity index is 2.68. The Morgan fingerprint density at radius 2 is 2.00 bits per heavy atom. The monoisotopic (exact) mass is 240 g/mol. The second-order valence-electron chi connectivity index (χ2n) is 5.24. The molecule has 0 bridgehead atoms. The molecule has 0 saturated carbocycles. The van der Waals surface area contributed by atoms with Crippen LogP contribution in [0.15, 0.2) is 18.2 Å². The van der Waals surface area contributed by atoms with E-state index in [1.54, 1.807) is 6.07 Å². The normalized spacial score (nSPS) is 11.9. The second kappa shape index (κ2) is 4.96. The van der Waals surface area contributed by atoms with Crippen LogP contribution in [0.25, 0.3) is 0 Å². The van der Waals surface area contributed by atoms with Crippen molar-refractivity contribution in [2.75, 3.05) is 17.6 Å². The molecule has 0 amide bonds. The van der Waals surface area contributed by atoms with E-state index in [9.17, 15) is 0 Å². The molecule has 1 rings (SSSR count). The molecule has 16 heavy (non-hydrogen) atoms. The highest BCUT2D eigenvalue weighted by Crippen LogP contribution is 2.29. The molecule has 1 aromatic rings. The van der Waals surface area contributed by atoms with E-state index in [4.69, 9.17) is 17.3 Å². The van der Waals surface area contributed by atoms with Gasteiger partial charge in [0.25, 0.3) is 0 Å². The van der Waals surface area contributed by atoms with Crippen molar-refractivity contribution in [2.24, 2.45) is 11.3 Å². The predicted molar refractivity (Wildman–Crippen MR) is 73.0 cm³/mol. The van der Waals surface area contributed by atoms with Crippen molar-refractivity contribution in [3.63, 3.8) is 0 Å². The van der Waals surface area contributed by atoms with Gasteiger partial charge in [0.15, 0.2) is 0 Å². The lowest BCUT2D eigenvalue weighted by Gasteiger charge is -2.30. The van der Waals surface area contributed by atoms with Gasteiger partial charge in [-0.2, -0.15) is 0 Å². The van der Waals surface area contributed by atoms with Crippen LogP contribution in [0.2, 0.25) is 5.02 Å². The maximum absolute atomic E-state index is 6.10. The van der Waals surface area contributed by atoms with E-state index in [2.05, 4.69) is 33.0 Å². The first-order valence-electron chi connectivity index (χ1n) is 5.62. The van der Waals surface area contributed by atoms with Gasteiger partial charge in [0.05, 0.1) is 10.7 Å². The smallest absolute Gasteiger partial charge is 0.0657 e. The maximum atomic E-state index is 6.10. The fourth-order valence-electron chi connectivity index (χ4n) is 1.20. The van der Waals surface area contributed by atoms with Crippen LogP contribution in [0.1, 0.15) is 27.7 Å². The summed E-state index contributed by atoms with van der Waals surface area (Å²) >= 11 is 6.10. The zero-order chi connectivity index (χ0) is 12.3. The second-order valence-corrected chi connectivity index (χ2v) is 5.64. The van der Waals surface area contributed by atoms with Gasteiger partial charge in [-0.3, -0.25) is 0 Å². The van der Waals surface area contributed by atoms with Crippen molar-refractivity contribution in [3.05, 3.63) is 23.2 Å². The van der Waals surface area contributed by atoms with Gasteiger partial charge in [0.2, 0.25) is 0 Å². The average molecular weight is 241 g/mol. The topological polar surface area (TPSA) is 38.0 Å². The zero-order valence-corrected chi connectivity index (χ0v) is 11.2. The first-order valence-corrected chi connectivity index (χ1v) is 5.99. The molecule has 0 saturated heterocycles. The molecule has 0 unspecified atom stereocenters. The molecule has 3 heteroatoms. The third-order valence-electron chi connectivity index (χ3n) is 3.29. The molecule has 0 fully saturated rings. The third kappa shape index (κ3) is 3.31. The SMILES string of the molecule is CC(C)C(C)(C)CNc1ccc(N)cc1Cl. The molecule has 0 aromatic heterocycles. The number of nitrogens with one attached hydrogen (secondary N) is 1. The molecule has 3 N–H and O–H groups in total. The van der Waals surface area contributed by atoms with Crippen LogP contribution < -0.4 is 11.1 Å². The number of rotatable bonds is 4. The number of halogens is 1. The first kappa shape index (κ1) is 13.2. The van der Waals surface area contributed by atoms with E-state index in [0.717, 1.165) is 12.2 Å². The summed E-state index contributed by atoms with van der Waals surface area (Å²) in [5.41, 5.74) is 7.53. The largest absolute Gasteiger partial charge is 0.399 e. The molecule has 0 aliphatic heterocycles. The summed E-state index contributed by atoms with van der Waals surface area (Å²) in [6.45, 7) is 9.85. The minimum atomic E-state index is 0.241. The summed E-state index contributed by atoms with van der Waals surface area (Å²) in [4.78, 5) is 0. The van der Waals surface area contributed by atoms with Crippen LogP contribution in [0, 0.1) is 11.3 Å². The summed E-state index contributed by atoms with van der Waals surface area (Å²) in [6, 6.07) is 5.55. The molecule has 0 radical (unpaired) electrons. The van der Waals surface area contributed by atoms with Gasteiger partial charge in [-0.1, -0.05) is 39.3 Å². The first-order chi connectivity index (χ1) is 7.33. The molecule has 0 heterocycles. The summed E-state index contributed by atoms with van der Waals surface area (Å²) in [5, 5.41) is 4.05. The van der Waals surface area contributed by atoms with Crippen LogP contribution in [-0.4, -0.2) is 6.54 Å². The molecular weight excluding hydrogens is 220 g/mol. The summed E-state index contributed by atoms with van der Waals surface area (Å²) < 4.78 is 0. The summed E-state index contributed by atoms with van der Waals surface area (Å²) in [7, 11) is 0. The van der Waals surface area contributed by atoms with Crippen molar-refractivity contribution in [1.82, 2.24) is 0 Å². The highest BCUT2D eigenvalue weighted by molar-refractivity contribution is 6.33. The lowest BCUT2D eigenvalue weighted by molar-refractivity contribution is 0.270. The van der Waals surface area contributed by atoms with Crippen LogP contribution in [-0.2, 0) is 0 Å². The molecule has 2 nitrogen and oxygen atoms in total. The van der Waals surface area contributed by atoms with E-state index >= 15 is 0 Å². The summed E-state index contributed by atoms with van der Waals surface area (Å²) in [6.07, 6.45) is 0. The molecular formula is C13H21ClN2. The predicted octanol–water partition coefficient (Wildman–Crippen LogP) is 4.02. The molecule has 0 spiro atoms. The van der Waals surface area contributed by atoms with Crippen LogP contribution in [0.5, 0.6) is 0 Å². The van der Waals surface area contributed by atoms with Crippen LogP contribution in [0.4, 0.5) is 11.4 Å². The van der Waals surface area contributed by atoms with Gasteiger partial charge in [-0.15, -0.1) is 0 Å². The van der Waals surface area contributed by atoms with E-state index < -0.39 is 0 Å². The Kier molecular flexibility index (Phi) is 4.09. The van der Waals surface area contributed by atoms with Crippen molar-refractivity contribution in [3.8, 4) is 0 Å². The molecule has 0 aliphatic rings. The van der Waals surface area contributed by atoms with E-state index in [1.807, 2.05) is 12.1 Å². The molecule has 0 aliphatic carbocycles. The van der Waals surface area contributed by atoms with Gasteiger partial charge in [0, 0.05) is 12.2 Å². The lowest BCUT2D eigenvalue weighted by atomic mass is 9.81. The zero-order valence-electron chi connectivity index (χ0n) is 10.5. The fourth-order valence-corrected chi connectivity index (χ4v) is 1.46. The third-order valence-corrected chi connectivity index (χ3v) is 3.60. The lowest BCUT2D eigenvalue weighted by Crippen LogP contribution is -2.28. The molecule has 90 valence electrons. The Bertz CT molecular complexity index is 359. The Morgan fingerprint density at radius 3 is 2.50 bits per heavy atom. The summed E-state index contributed by atoms with van der Waals surface area (Å²) in [5.74, 6) is 0.618. The fraction of sp³-hybridized carbons (Fsp3) is 0.538. The number of anilines is 2. The Labute approximate surface area is 103 Å². The van der Waals surface area contributed by atoms with Crippen molar-refractivity contribution in [1.29, 1.82) is 0 Å². The van der Waals surface area contributed by atoms with Gasteiger partial charge in [0.1, 0.15) is 0 Å². The number of nitrogen functional groups attached to an aromatic ring is 1. The quantitative estimate of drug-likeness (QED) is 0.781. The number of hydrogen-bond acceptors (Lipinski definition) is 2. The minimum Gasteiger partial charge on any atom is -0.399 e. The maximum Gasteiger partial charge on any atom is 0.0657 e. The minimum absolute atomic E-state index is 0.241. The average Bonchev–Trinajstić information content (AvgIpc) is 2.16. The Hall–Kier alpha value is -0.890. The van der Waals surface area contributed by atoms with Gasteiger partial charge < -0.3 is 11.1 Å². The Morgan fingerprint density at radius 1 is 1.38 bits per heavy atom. The van der Waals surface area contributed by atoms with Crippen LogP contribution >= 0.6 is 11.6 Å². The highest BCUT2D eigenvalue weighted by Gasteiger charge is 2.22. The van der Waals surface area contributed by atoms with Gasteiger partial charge >= 0.3 is 0 Å². The molecule has 0 atom stereocenters. The van der Waals surface area contributed by atoms with Gasteiger partial charge in [-0.05, 0) is 29.5 Å². The van der Waals surface area contributed by atoms with Gasteiger partial charge in [-0.25, -0.2) is 0 Å². The van der Waals surface area contributed by atoms with E-state index in [-0.39, 0.29) is 5.41 Å². The van der Waals surface area contributed by atoms with Crippen LogP contribution in [0.3, 0.4) is 0 Å². The van der Waals surface area contributed by atoms with E-state index in [1.165, 1.54) is 0 Å². The highest BCUT2D eigenvalue weighted by atomic mass is 35.5. The van der Waals surface area contributed by atoms with E-state index in [0.29, 0.717) is 16.6 Å². The number of hydrogen-bond donors (Lipinski definition) is 2. The van der Waals surface area contributed by atoms with Crippen molar-refractivity contribution >= 4 is 23.0 Å². The van der Waals surface area contributed by atoms with Crippen molar-refractivity contribution in [2.45, 2.75) is 27.7 Å². The van der Waals surface area contributed by atoms with Crippen molar-refractivity contribution < 1.29 is 0 Å². The number of benzene rings is 1. The standard InChI is InChI=1S/C13H21ClN2/c1-9(2)13(3,4)8-16-12-6-5-10(15)7-11(12)14/h5-7,9,16H,8,15H2,1-4H3.